The zero-order valence-electron chi connectivity index (χ0n) is 12.8. The van der Waals surface area contributed by atoms with Crippen molar-refractivity contribution in [1.29, 1.82) is 0 Å². The van der Waals surface area contributed by atoms with E-state index in [1.807, 2.05) is 6.07 Å². The smallest absolute Gasteiger partial charge is 0.220 e. The van der Waals surface area contributed by atoms with Gasteiger partial charge in [0.2, 0.25) is 5.91 Å². The van der Waals surface area contributed by atoms with Gasteiger partial charge in [-0.1, -0.05) is 22.0 Å². The van der Waals surface area contributed by atoms with E-state index in [1.54, 1.807) is 6.07 Å². The molecule has 3 nitrogen and oxygen atoms in total. The van der Waals surface area contributed by atoms with E-state index >= 15 is 0 Å². The number of carbonyl (C=O) groups is 1. The fraction of sp³-hybridized carbons (Fsp3) is 0.588. The summed E-state index contributed by atoms with van der Waals surface area (Å²) >= 11 is 3.25. The van der Waals surface area contributed by atoms with Crippen LogP contribution in [0, 0.1) is 11.7 Å². The predicted octanol–water partition coefficient (Wildman–Crippen LogP) is 3.42. The average molecular weight is 371 g/mol. The molecule has 1 amide bonds. The molecule has 22 heavy (non-hydrogen) atoms. The Hall–Kier alpha value is -0.940. The van der Waals surface area contributed by atoms with Crippen molar-refractivity contribution in [2.24, 2.45) is 5.92 Å². The van der Waals surface area contributed by atoms with Crippen LogP contribution in [0.2, 0.25) is 0 Å². The van der Waals surface area contributed by atoms with E-state index in [9.17, 15) is 9.18 Å². The number of carbonyl (C=O) groups excluding carboxylic acids is 1. The highest BCUT2D eigenvalue weighted by atomic mass is 79.9. The van der Waals surface area contributed by atoms with Crippen molar-refractivity contribution < 1.29 is 9.18 Å². The van der Waals surface area contributed by atoms with E-state index in [1.165, 1.54) is 18.9 Å². The van der Waals surface area contributed by atoms with Gasteiger partial charge in [-0.05, 0) is 68.8 Å². The summed E-state index contributed by atoms with van der Waals surface area (Å²) in [5.41, 5.74) is 0.701. The third-order valence-corrected chi connectivity index (χ3v) is 4.69. The summed E-state index contributed by atoms with van der Waals surface area (Å²) in [6.07, 6.45) is 5.35. The van der Waals surface area contributed by atoms with E-state index in [-0.39, 0.29) is 11.7 Å². The first-order chi connectivity index (χ1) is 10.6. The van der Waals surface area contributed by atoms with Crippen molar-refractivity contribution >= 4 is 21.8 Å². The first kappa shape index (κ1) is 17.4. The van der Waals surface area contributed by atoms with Crippen LogP contribution in [0.1, 0.15) is 37.7 Å². The summed E-state index contributed by atoms with van der Waals surface area (Å²) < 4.78 is 14.4. The van der Waals surface area contributed by atoms with Crippen LogP contribution >= 0.6 is 15.9 Å². The first-order valence-electron chi connectivity index (χ1n) is 8.06. The minimum atomic E-state index is -0.188. The Bertz CT molecular complexity index is 490. The van der Waals surface area contributed by atoms with Crippen molar-refractivity contribution in [3.63, 3.8) is 0 Å². The van der Waals surface area contributed by atoms with Gasteiger partial charge < -0.3 is 10.6 Å². The number of hydrogen-bond acceptors (Lipinski definition) is 2. The highest BCUT2D eigenvalue weighted by Crippen LogP contribution is 2.18. The van der Waals surface area contributed by atoms with Gasteiger partial charge in [0, 0.05) is 17.4 Å². The second kappa shape index (κ2) is 9.26. The van der Waals surface area contributed by atoms with E-state index < -0.39 is 0 Å². The van der Waals surface area contributed by atoms with Gasteiger partial charge in [0.15, 0.2) is 0 Å². The van der Waals surface area contributed by atoms with Gasteiger partial charge in [-0.2, -0.15) is 0 Å². The Morgan fingerprint density at radius 2 is 2.14 bits per heavy atom. The lowest BCUT2D eigenvalue weighted by atomic mass is 9.93. The van der Waals surface area contributed by atoms with E-state index in [0.717, 1.165) is 30.4 Å². The molecule has 1 saturated heterocycles. The quantitative estimate of drug-likeness (QED) is 0.722. The highest BCUT2D eigenvalue weighted by molar-refractivity contribution is 9.10. The van der Waals surface area contributed by atoms with Gasteiger partial charge in [-0.15, -0.1) is 0 Å². The number of nitrogens with one attached hydrogen (secondary N) is 2. The lowest BCUT2D eigenvalue weighted by Gasteiger charge is -2.22. The first-order valence-corrected chi connectivity index (χ1v) is 8.86. The zero-order valence-corrected chi connectivity index (χ0v) is 14.4. The van der Waals surface area contributed by atoms with Crippen molar-refractivity contribution in [3.8, 4) is 0 Å². The average Bonchev–Trinajstić information content (AvgIpc) is 2.52. The fourth-order valence-corrected chi connectivity index (χ4v) is 3.16. The third kappa shape index (κ3) is 6.05. The Labute approximate surface area is 140 Å². The second-order valence-electron chi connectivity index (χ2n) is 5.92. The van der Waals surface area contributed by atoms with Gasteiger partial charge in [-0.25, -0.2) is 4.39 Å². The van der Waals surface area contributed by atoms with Gasteiger partial charge in [0.25, 0.3) is 0 Å². The van der Waals surface area contributed by atoms with Crippen LogP contribution in [0.3, 0.4) is 0 Å². The minimum absolute atomic E-state index is 0.120. The lowest BCUT2D eigenvalue weighted by Crippen LogP contribution is -2.29. The Morgan fingerprint density at radius 1 is 1.36 bits per heavy atom. The fourth-order valence-electron chi connectivity index (χ4n) is 2.83. The number of aryl methyl sites for hydroxylation is 1. The van der Waals surface area contributed by atoms with Crippen molar-refractivity contribution in [2.75, 3.05) is 19.6 Å². The summed E-state index contributed by atoms with van der Waals surface area (Å²) in [6, 6.07) is 5.11. The standard InChI is InChI=1S/C17H24BrFN2O/c18-15-5-4-14(16(19)12-15)2-1-9-21-17(22)6-3-13-7-10-20-11-8-13/h4-5,12-13,20H,1-3,6-11H2,(H,21,22). The molecule has 0 radical (unpaired) electrons. The SMILES string of the molecule is O=C(CCC1CCNCC1)NCCCc1ccc(Br)cc1F. The van der Waals surface area contributed by atoms with Crippen molar-refractivity contribution in [1.82, 2.24) is 10.6 Å². The summed E-state index contributed by atoms with van der Waals surface area (Å²) in [4.78, 5) is 11.8. The molecule has 2 N–H and O–H groups in total. The summed E-state index contributed by atoms with van der Waals surface area (Å²) in [5.74, 6) is 0.616. The van der Waals surface area contributed by atoms with Gasteiger partial charge in [0.1, 0.15) is 5.82 Å². The van der Waals surface area contributed by atoms with Crippen LogP contribution < -0.4 is 10.6 Å². The number of rotatable bonds is 7. The van der Waals surface area contributed by atoms with Gasteiger partial charge >= 0.3 is 0 Å². The van der Waals surface area contributed by atoms with E-state index in [4.69, 9.17) is 0 Å². The Kier molecular flexibility index (Phi) is 7.33. The van der Waals surface area contributed by atoms with Crippen LogP contribution in [0.25, 0.3) is 0 Å². The van der Waals surface area contributed by atoms with Crippen LogP contribution in [0.15, 0.2) is 22.7 Å². The van der Waals surface area contributed by atoms with Crippen LogP contribution in [-0.2, 0) is 11.2 Å². The molecule has 0 aliphatic carbocycles. The molecule has 1 aromatic rings. The van der Waals surface area contributed by atoms with Gasteiger partial charge in [-0.3, -0.25) is 4.79 Å². The number of piperidine rings is 1. The monoisotopic (exact) mass is 370 g/mol. The molecule has 0 aromatic heterocycles. The molecular formula is C17H24BrFN2O. The summed E-state index contributed by atoms with van der Waals surface area (Å²) in [7, 11) is 0. The second-order valence-corrected chi connectivity index (χ2v) is 6.84. The maximum absolute atomic E-state index is 13.6. The van der Waals surface area contributed by atoms with Crippen LogP contribution in [-0.4, -0.2) is 25.5 Å². The molecule has 1 aliphatic rings. The molecule has 2 rings (SSSR count). The molecule has 0 spiro atoms. The summed E-state index contributed by atoms with van der Waals surface area (Å²) in [6.45, 7) is 2.76. The highest BCUT2D eigenvalue weighted by Gasteiger charge is 2.14. The molecule has 1 aliphatic heterocycles. The molecule has 0 atom stereocenters. The lowest BCUT2D eigenvalue weighted by molar-refractivity contribution is -0.121. The molecule has 1 aromatic carbocycles. The van der Waals surface area contributed by atoms with Crippen LogP contribution in [0.5, 0.6) is 0 Å². The normalized spacial score (nSPS) is 15.7. The Balaban J connectivity index is 1.58. The maximum atomic E-state index is 13.6. The molecule has 1 fully saturated rings. The number of hydrogen-bond donors (Lipinski definition) is 2. The Morgan fingerprint density at radius 3 is 2.86 bits per heavy atom. The maximum Gasteiger partial charge on any atom is 0.220 e. The molecule has 0 bridgehead atoms. The predicted molar refractivity (Wildman–Crippen MR) is 90.3 cm³/mol. The summed E-state index contributed by atoms with van der Waals surface area (Å²) in [5, 5.41) is 6.27. The molecule has 1 heterocycles. The topological polar surface area (TPSA) is 41.1 Å². The molecule has 122 valence electrons. The van der Waals surface area contributed by atoms with Crippen molar-refractivity contribution in [3.05, 3.63) is 34.1 Å². The zero-order chi connectivity index (χ0) is 15.8. The van der Waals surface area contributed by atoms with Crippen LogP contribution in [0.4, 0.5) is 4.39 Å². The van der Waals surface area contributed by atoms with E-state index in [0.29, 0.717) is 30.9 Å². The molecule has 0 saturated carbocycles. The largest absolute Gasteiger partial charge is 0.356 e. The minimum Gasteiger partial charge on any atom is -0.356 e. The molecule has 0 unspecified atom stereocenters. The van der Waals surface area contributed by atoms with Crippen molar-refractivity contribution in [2.45, 2.75) is 38.5 Å². The number of amides is 1. The number of halogens is 2. The molecular weight excluding hydrogens is 347 g/mol. The van der Waals surface area contributed by atoms with Gasteiger partial charge in [0.05, 0.1) is 0 Å². The third-order valence-electron chi connectivity index (χ3n) is 4.20. The van der Waals surface area contributed by atoms with E-state index in [2.05, 4.69) is 26.6 Å². The number of benzene rings is 1. The molecule has 5 heteroatoms.